The van der Waals surface area contributed by atoms with Crippen LogP contribution in [0.5, 0.6) is 5.75 Å². The van der Waals surface area contributed by atoms with Gasteiger partial charge in [-0.1, -0.05) is 35.9 Å². The smallest absolute Gasteiger partial charge is 0.138 e. The quantitative estimate of drug-likeness (QED) is 0.775. The molecule has 108 valence electrons. The lowest BCUT2D eigenvalue weighted by molar-refractivity contribution is 0.303. The van der Waals surface area contributed by atoms with Gasteiger partial charge in [-0.15, -0.1) is 0 Å². The van der Waals surface area contributed by atoms with Gasteiger partial charge in [0.15, 0.2) is 0 Å². The van der Waals surface area contributed by atoms with Crippen LogP contribution in [0.15, 0.2) is 46.9 Å². The second-order valence-electron chi connectivity index (χ2n) is 4.93. The summed E-state index contributed by atoms with van der Waals surface area (Å²) in [5.74, 6) is 1.42. The number of nitrogens with two attached hydrogens (primary N) is 1. The molecule has 0 saturated carbocycles. The number of ether oxygens (including phenoxy) is 1. The Bertz CT molecular complexity index is 780. The summed E-state index contributed by atoms with van der Waals surface area (Å²) in [5.41, 5.74) is 8.67. The zero-order valence-electron chi connectivity index (χ0n) is 11.7. The first kappa shape index (κ1) is 14.0. The lowest BCUT2D eigenvalue weighted by Crippen LogP contribution is -2.02. The molecule has 0 aliphatic rings. The van der Waals surface area contributed by atoms with Crippen LogP contribution in [0, 0.1) is 6.92 Å². The number of aryl methyl sites for hydroxylation is 1. The third-order valence-electron chi connectivity index (χ3n) is 3.43. The highest BCUT2D eigenvalue weighted by atomic mass is 35.5. The van der Waals surface area contributed by atoms with Crippen LogP contribution < -0.4 is 10.5 Å². The number of rotatable bonds is 4. The molecule has 0 amide bonds. The number of hydrogen-bond acceptors (Lipinski definition) is 3. The fourth-order valence-corrected chi connectivity index (χ4v) is 2.52. The molecule has 1 aromatic heterocycles. The summed E-state index contributed by atoms with van der Waals surface area (Å²) in [6.07, 6.45) is 0. The van der Waals surface area contributed by atoms with Gasteiger partial charge in [0.2, 0.25) is 0 Å². The van der Waals surface area contributed by atoms with Crippen LogP contribution in [-0.4, -0.2) is 0 Å². The topological polar surface area (TPSA) is 48.4 Å². The largest absolute Gasteiger partial charge is 0.487 e. The fraction of sp³-hybridized carbons (Fsp3) is 0.176. The van der Waals surface area contributed by atoms with Crippen LogP contribution in [0.4, 0.5) is 0 Å². The summed E-state index contributed by atoms with van der Waals surface area (Å²) in [5, 5.41) is 1.63. The van der Waals surface area contributed by atoms with E-state index >= 15 is 0 Å². The maximum absolute atomic E-state index is 6.16. The van der Waals surface area contributed by atoms with E-state index in [1.165, 1.54) is 0 Å². The fourth-order valence-electron chi connectivity index (χ4n) is 2.34. The first-order valence-corrected chi connectivity index (χ1v) is 7.15. The number of benzene rings is 2. The van der Waals surface area contributed by atoms with Gasteiger partial charge in [0.1, 0.15) is 23.7 Å². The molecule has 3 aromatic rings. The van der Waals surface area contributed by atoms with E-state index in [9.17, 15) is 0 Å². The average molecular weight is 302 g/mol. The monoisotopic (exact) mass is 301 g/mol. The Kier molecular flexibility index (Phi) is 3.86. The molecule has 0 saturated heterocycles. The van der Waals surface area contributed by atoms with Crippen LogP contribution in [0.2, 0.25) is 5.02 Å². The van der Waals surface area contributed by atoms with Crippen molar-refractivity contribution in [2.75, 3.05) is 0 Å². The minimum Gasteiger partial charge on any atom is -0.487 e. The van der Waals surface area contributed by atoms with Gasteiger partial charge in [0.25, 0.3) is 0 Å². The van der Waals surface area contributed by atoms with Crippen molar-refractivity contribution in [3.8, 4) is 5.75 Å². The lowest BCUT2D eigenvalue weighted by atomic mass is 10.1. The van der Waals surface area contributed by atoms with Crippen molar-refractivity contribution in [1.82, 2.24) is 0 Å². The zero-order chi connectivity index (χ0) is 14.8. The summed E-state index contributed by atoms with van der Waals surface area (Å²) < 4.78 is 11.6. The second kappa shape index (κ2) is 5.80. The SMILES string of the molecule is Cc1ccc(Cl)c(OCc2c(CN)oc3ccccc23)c1. The second-order valence-corrected chi connectivity index (χ2v) is 5.33. The molecule has 3 rings (SSSR count). The van der Waals surface area contributed by atoms with Crippen LogP contribution in [0.3, 0.4) is 0 Å². The number of fused-ring (bicyclic) bond motifs is 1. The molecule has 0 radical (unpaired) electrons. The maximum Gasteiger partial charge on any atom is 0.138 e. The Balaban J connectivity index is 1.93. The zero-order valence-corrected chi connectivity index (χ0v) is 12.5. The third-order valence-corrected chi connectivity index (χ3v) is 3.74. The van der Waals surface area contributed by atoms with E-state index in [4.69, 9.17) is 26.5 Å². The average Bonchev–Trinajstić information content (AvgIpc) is 2.86. The molecule has 2 aromatic carbocycles. The molecular formula is C17H16ClNO2. The van der Waals surface area contributed by atoms with Gasteiger partial charge in [-0.05, 0) is 30.7 Å². The lowest BCUT2D eigenvalue weighted by Gasteiger charge is -2.09. The Morgan fingerprint density at radius 1 is 1.19 bits per heavy atom. The standard InChI is InChI=1S/C17H16ClNO2/c1-11-6-7-14(18)16(8-11)20-10-13-12-4-2-3-5-15(12)21-17(13)9-19/h2-8H,9-10,19H2,1H3. The van der Waals surface area contributed by atoms with Gasteiger partial charge in [-0.25, -0.2) is 0 Å². The molecule has 4 heteroatoms. The molecule has 0 atom stereocenters. The molecule has 0 aliphatic carbocycles. The Morgan fingerprint density at radius 3 is 2.81 bits per heavy atom. The van der Waals surface area contributed by atoms with E-state index in [1.54, 1.807) is 0 Å². The van der Waals surface area contributed by atoms with Crippen molar-refractivity contribution < 1.29 is 9.15 Å². The predicted octanol–water partition coefficient (Wildman–Crippen LogP) is 4.43. The Labute approximate surface area is 128 Å². The van der Waals surface area contributed by atoms with Crippen LogP contribution >= 0.6 is 11.6 Å². The van der Waals surface area contributed by atoms with Crippen molar-refractivity contribution >= 4 is 22.6 Å². The molecule has 3 nitrogen and oxygen atoms in total. The molecule has 0 aliphatic heterocycles. The minimum atomic E-state index is 0.342. The van der Waals surface area contributed by atoms with Gasteiger partial charge in [-0.3, -0.25) is 0 Å². The highest BCUT2D eigenvalue weighted by molar-refractivity contribution is 6.32. The minimum absolute atomic E-state index is 0.342. The van der Waals surface area contributed by atoms with Gasteiger partial charge >= 0.3 is 0 Å². The molecule has 0 bridgehead atoms. The highest BCUT2D eigenvalue weighted by Gasteiger charge is 2.14. The van der Waals surface area contributed by atoms with Crippen molar-refractivity contribution in [2.45, 2.75) is 20.1 Å². The van der Waals surface area contributed by atoms with Crippen LogP contribution in [0.25, 0.3) is 11.0 Å². The van der Waals surface area contributed by atoms with E-state index in [0.717, 1.165) is 27.9 Å². The molecule has 21 heavy (non-hydrogen) atoms. The summed E-state index contributed by atoms with van der Waals surface area (Å²) in [6, 6.07) is 13.6. The van der Waals surface area contributed by atoms with Gasteiger partial charge in [0.05, 0.1) is 11.6 Å². The number of furan rings is 1. The predicted molar refractivity (Wildman–Crippen MR) is 84.6 cm³/mol. The molecule has 2 N–H and O–H groups in total. The molecule has 0 unspecified atom stereocenters. The normalized spacial score (nSPS) is 11.0. The van der Waals surface area contributed by atoms with Crippen LogP contribution in [0.1, 0.15) is 16.9 Å². The van der Waals surface area contributed by atoms with Gasteiger partial charge in [0, 0.05) is 10.9 Å². The van der Waals surface area contributed by atoms with Crippen molar-refractivity contribution in [1.29, 1.82) is 0 Å². The maximum atomic E-state index is 6.16. The number of halogens is 1. The third kappa shape index (κ3) is 2.75. The molecule has 0 fully saturated rings. The summed E-state index contributed by atoms with van der Waals surface area (Å²) in [4.78, 5) is 0. The van der Waals surface area contributed by atoms with E-state index in [2.05, 4.69) is 0 Å². The van der Waals surface area contributed by atoms with Gasteiger partial charge < -0.3 is 14.9 Å². The van der Waals surface area contributed by atoms with E-state index < -0.39 is 0 Å². The Hall–Kier alpha value is -1.97. The molecular weight excluding hydrogens is 286 g/mol. The van der Waals surface area contributed by atoms with Crippen LogP contribution in [-0.2, 0) is 13.2 Å². The van der Waals surface area contributed by atoms with E-state index in [-0.39, 0.29) is 0 Å². The summed E-state index contributed by atoms with van der Waals surface area (Å²) in [6.45, 7) is 2.73. The van der Waals surface area contributed by atoms with Crippen molar-refractivity contribution in [2.24, 2.45) is 5.73 Å². The first-order valence-electron chi connectivity index (χ1n) is 6.77. The van der Waals surface area contributed by atoms with Crippen molar-refractivity contribution in [3.63, 3.8) is 0 Å². The van der Waals surface area contributed by atoms with Crippen molar-refractivity contribution in [3.05, 3.63) is 64.4 Å². The number of para-hydroxylation sites is 1. The Morgan fingerprint density at radius 2 is 2.00 bits per heavy atom. The summed E-state index contributed by atoms with van der Waals surface area (Å²) >= 11 is 6.16. The van der Waals surface area contributed by atoms with Gasteiger partial charge in [-0.2, -0.15) is 0 Å². The van der Waals surface area contributed by atoms with E-state index in [0.29, 0.717) is 23.9 Å². The van der Waals surface area contributed by atoms with E-state index in [1.807, 2.05) is 49.4 Å². The highest BCUT2D eigenvalue weighted by Crippen LogP contribution is 2.30. The first-order chi connectivity index (χ1) is 10.2. The summed E-state index contributed by atoms with van der Waals surface area (Å²) in [7, 11) is 0. The number of hydrogen-bond donors (Lipinski definition) is 1. The molecule has 0 spiro atoms. The molecule has 1 heterocycles.